The van der Waals surface area contributed by atoms with Gasteiger partial charge in [0, 0.05) is 6.20 Å². The quantitative estimate of drug-likeness (QED) is 0.862. The lowest BCUT2D eigenvalue weighted by atomic mass is 10.0. The second kappa shape index (κ2) is 6.83. The number of aliphatic hydroxyl groups is 1. The van der Waals surface area contributed by atoms with Crippen LogP contribution in [0.1, 0.15) is 29.3 Å². The highest BCUT2D eigenvalue weighted by molar-refractivity contribution is 5.68. The van der Waals surface area contributed by atoms with Gasteiger partial charge in [-0.05, 0) is 48.4 Å². The van der Waals surface area contributed by atoms with Gasteiger partial charge in [-0.1, -0.05) is 30.3 Å². The molecule has 1 atom stereocenters. The van der Waals surface area contributed by atoms with Gasteiger partial charge in [-0.3, -0.25) is 4.98 Å². The molecule has 0 aliphatic heterocycles. The number of hydrogen-bond acceptors (Lipinski definition) is 3. The molecule has 1 heterocycles. The topological polar surface area (TPSA) is 59.1 Å². The van der Waals surface area contributed by atoms with Crippen LogP contribution in [0.25, 0.3) is 12.2 Å². The molecule has 0 bridgehead atoms. The maximum absolute atomic E-state index is 9.91. The van der Waals surface area contributed by atoms with Gasteiger partial charge < -0.3 is 10.8 Å². The third-order valence-corrected chi connectivity index (χ3v) is 2.87. The van der Waals surface area contributed by atoms with Crippen LogP contribution in [-0.4, -0.2) is 16.6 Å². The number of benzene rings is 1. The molecule has 0 saturated carbocycles. The van der Waals surface area contributed by atoms with Crippen LogP contribution in [0.3, 0.4) is 0 Å². The summed E-state index contributed by atoms with van der Waals surface area (Å²) in [6.07, 6.45) is 5.79. The van der Waals surface area contributed by atoms with Gasteiger partial charge in [0.15, 0.2) is 0 Å². The normalized spacial score (nSPS) is 12.7. The van der Waals surface area contributed by atoms with Gasteiger partial charge in [-0.25, -0.2) is 0 Å². The number of hydrogen-bond donors (Lipinski definition) is 2. The van der Waals surface area contributed by atoms with Gasteiger partial charge in [0.25, 0.3) is 0 Å². The zero-order valence-electron chi connectivity index (χ0n) is 10.7. The predicted octanol–water partition coefficient (Wildman–Crippen LogP) is 2.63. The van der Waals surface area contributed by atoms with Crippen molar-refractivity contribution in [3.63, 3.8) is 0 Å². The maximum atomic E-state index is 9.91. The predicted molar refractivity (Wildman–Crippen MR) is 78.2 cm³/mol. The number of pyridine rings is 1. The fraction of sp³-hybridized carbons (Fsp3) is 0.188. The molecular weight excluding hydrogens is 236 g/mol. The van der Waals surface area contributed by atoms with Gasteiger partial charge >= 0.3 is 0 Å². The molecule has 1 unspecified atom stereocenters. The summed E-state index contributed by atoms with van der Waals surface area (Å²) in [7, 11) is 0. The van der Waals surface area contributed by atoms with Crippen LogP contribution < -0.4 is 5.73 Å². The monoisotopic (exact) mass is 254 g/mol. The smallest absolute Gasteiger partial charge is 0.0802 e. The molecule has 1 aromatic carbocycles. The Morgan fingerprint density at radius 1 is 1.16 bits per heavy atom. The fourth-order valence-corrected chi connectivity index (χ4v) is 1.85. The van der Waals surface area contributed by atoms with Crippen molar-refractivity contribution in [2.75, 3.05) is 6.54 Å². The Morgan fingerprint density at radius 2 is 2.05 bits per heavy atom. The van der Waals surface area contributed by atoms with Crippen LogP contribution in [-0.2, 0) is 0 Å². The van der Waals surface area contributed by atoms with Crippen molar-refractivity contribution in [1.29, 1.82) is 0 Å². The Labute approximate surface area is 113 Å². The Bertz CT molecular complexity index is 537. The molecule has 0 fully saturated rings. The summed E-state index contributed by atoms with van der Waals surface area (Å²) < 4.78 is 0. The average Bonchev–Trinajstić information content (AvgIpc) is 2.47. The van der Waals surface area contributed by atoms with Gasteiger partial charge in [-0.15, -0.1) is 0 Å². The van der Waals surface area contributed by atoms with E-state index < -0.39 is 6.10 Å². The van der Waals surface area contributed by atoms with Crippen molar-refractivity contribution >= 4 is 12.2 Å². The second-order valence-corrected chi connectivity index (χ2v) is 4.35. The van der Waals surface area contributed by atoms with Gasteiger partial charge in [0.1, 0.15) is 0 Å². The first-order valence-electron chi connectivity index (χ1n) is 6.37. The van der Waals surface area contributed by atoms with E-state index in [4.69, 9.17) is 5.73 Å². The minimum atomic E-state index is -0.492. The first-order chi connectivity index (χ1) is 9.29. The Morgan fingerprint density at radius 3 is 2.79 bits per heavy atom. The highest BCUT2D eigenvalue weighted by atomic mass is 16.3. The van der Waals surface area contributed by atoms with E-state index in [9.17, 15) is 5.11 Å². The summed E-state index contributed by atoms with van der Waals surface area (Å²) in [6.45, 7) is 0.481. The summed E-state index contributed by atoms with van der Waals surface area (Å²) in [5.74, 6) is 0. The minimum Gasteiger partial charge on any atom is -0.388 e. The van der Waals surface area contributed by atoms with Crippen LogP contribution >= 0.6 is 0 Å². The lowest BCUT2D eigenvalue weighted by molar-refractivity contribution is 0.170. The summed E-state index contributed by atoms with van der Waals surface area (Å²) in [5, 5.41) is 9.91. The molecule has 3 N–H and O–H groups in total. The van der Waals surface area contributed by atoms with E-state index in [-0.39, 0.29) is 0 Å². The van der Waals surface area contributed by atoms with Crippen LogP contribution in [0.5, 0.6) is 0 Å². The van der Waals surface area contributed by atoms with E-state index in [0.29, 0.717) is 13.0 Å². The van der Waals surface area contributed by atoms with Gasteiger partial charge in [0.05, 0.1) is 11.8 Å². The molecule has 19 heavy (non-hydrogen) atoms. The zero-order valence-corrected chi connectivity index (χ0v) is 10.7. The van der Waals surface area contributed by atoms with E-state index in [1.807, 2.05) is 54.6 Å². The molecule has 2 rings (SSSR count). The Kier molecular flexibility index (Phi) is 4.84. The number of rotatable bonds is 5. The van der Waals surface area contributed by atoms with Crippen molar-refractivity contribution in [2.24, 2.45) is 5.73 Å². The van der Waals surface area contributed by atoms with Crippen LogP contribution in [0.4, 0.5) is 0 Å². The molecule has 0 saturated heterocycles. The summed E-state index contributed by atoms with van der Waals surface area (Å²) in [5.41, 5.74) is 8.31. The number of aliphatic hydroxyl groups excluding tert-OH is 1. The molecule has 0 aliphatic rings. The van der Waals surface area contributed by atoms with E-state index in [2.05, 4.69) is 4.98 Å². The second-order valence-electron chi connectivity index (χ2n) is 4.35. The standard InChI is InChI=1S/C16H18N2O/c17-10-9-16(19)14-5-3-4-13(12-14)7-8-15-6-1-2-11-18-15/h1-8,11-12,16,19H,9-10,17H2/b8-7+. The maximum Gasteiger partial charge on any atom is 0.0802 e. The van der Waals surface area contributed by atoms with Crippen molar-refractivity contribution in [3.05, 3.63) is 65.5 Å². The molecular formula is C16H18N2O. The van der Waals surface area contributed by atoms with Gasteiger partial charge in [0.2, 0.25) is 0 Å². The van der Waals surface area contributed by atoms with Crippen LogP contribution in [0, 0.1) is 0 Å². The highest BCUT2D eigenvalue weighted by Gasteiger charge is 2.05. The van der Waals surface area contributed by atoms with Gasteiger partial charge in [-0.2, -0.15) is 0 Å². The van der Waals surface area contributed by atoms with Crippen molar-refractivity contribution in [2.45, 2.75) is 12.5 Å². The molecule has 0 amide bonds. The summed E-state index contributed by atoms with van der Waals surface area (Å²) >= 11 is 0. The first kappa shape index (κ1) is 13.5. The molecule has 0 aliphatic carbocycles. The third kappa shape index (κ3) is 4.02. The summed E-state index contributed by atoms with van der Waals surface area (Å²) in [4.78, 5) is 4.23. The number of nitrogens with zero attached hydrogens (tertiary/aromatic N) is 1. The molecule has 98 valence electrons. The number of aromatic nitrogens is 1. The lowest BCUT2D eigenvalue weighted by Crippen LogP contribution is -2.06. The molecule has 3 heteroatoms. The van der Waals surface area contributed by atoms with E-state index in [1.165, 1.54) is 0 Å². The summed E-state index contributed by atoms with van der Waals surface area (Å²) in [6, 6.07) is 13.6. The van der Waals surface area contributed by atoms with Crippen LogP contribution in [0.15, 0.2) is 48.7 Å². The van der Waals surface area contributed by atoms with Crippen molar-refractivity contribution in [3.8, 4) is 0 Å². The minimum absolute atomic E-state index is 0.481. The molecule has 1 aromatic heterocycles. The SMILES string of the molecule is NCCC(O)c1cccc(/C=C/c2ccccn2)c1. The Balaban J connectivity index is 2.13. The largest absolute Gasteiger partial charge is 0.388 e. The van der Waals surface area contributed by atoms with E-state index >= 15 is 0 Å². The first-order valence-corrected chi connectivity index (χ1v) is 6.37. The molecule has 0 radical (unpaired) electrons. The molecule has 0 spiro atoms. The average molecular weight is 254 g/mol. The van der Waals surface area contributed by atoms with Crippen molar-refractivity contribution < 1.29 is 5.11 Å². The highest BCUT2D eigenvalue weighted by Crippen LogP contribution is 2.18. The molecule has 3 nitrogen and oxygen atoms in total. The lowest BCUT2D eigenvalue weighted by Gasteiger charge is -2.09. The zero-order chi connectivity index (χ0) is 13.5. The molecule has 2 aromatic rings. The van der Waals surface area contributed by atoms with Crippen molar-refractivity contribution in [1.82, 2.24) is 4.98 Å². The number of nitrogens with two attached hydrogens (primary N) is 1. The van der Waals surface area contributed by atoms with E-state index in [0.717, 1.165) is 16.8 Å². The van der Waals surface area contributed by atoms with Crippen LogP contribution in [0.2, 0.25) is 0 Å². The third-order valence-electron chi connectivity index (χ3n) is 2.87. The van der Waals surface area contributed by atoms with E-state index in [1.54, 1.807) is 6.20 Å². The fourth-order valence-electron chi connectivity index (χ4n) is 1.85. The Hall–Kier alpha value is -1.97.